The van der Waals surface area contributed by atoms with E-state index in [0.717, 1.165) is 16.7 Å². The predicted octanol–water partition coefficient (Wildman–Crippen LogP) is 5.12. The van der Waals surface area contributed by atoms with E-state index >= 15 is 0 Å². The second-order valence-electron chi connectivity index (χ2n) is 8.18. The van der Waals surface area contributed by atoms with Crippen LogP contribution in [0, 0.1) is 0 Å². The molecule has 3 aromatic rings. The molecule has 30 heavy (non-hydrogen) atoms. The van der Waals surface area contributed by atoms with Crippen molar-refractivity contribution in [2.24, 2.45) is 0 Å². The minimum atomic E-state index is -0.823. The van der Waals surface area contributed by atoms with Crippen molar-refractivity contribution >= 4 is 22.8 Å². The van der Waals surface area contributed by atoms with Crippen molar-refractivity contribution in [2.45, 2.75) is 38.8 Å². The Morgan fingerprint density at radius 3 is 2.17 bits per heavy atom. The zero-order valence-electron chi connectivity index (χ0n) is 17.8. The molecule has 0 aliphatic carbocycles. The van der Waals surface area contributed by atoms with Crippen LogP contribution in [-0.2, 0) is 20.7 Å². The maximum Gasteiger partial charge on any atom is 0.408 e. The van der Waals surface area contributed by atoms with Gasteiger partial charge in [-0.05, 0) is 54.3 Å². The predicted molar refractivity (Wildman–Crippen MR) is 118 cm³/mol. The summed E-state index contributed by atoms with van der Waals surface area (Å²) in [4.78, 5) is 24.2. The molecule has 0 unspecified atom stereocenters. The Kier molecular flexibility index (Phi) is 6.40. The summed E-state index contributed by atoms with van der Waals surface area (Å²) in [6.45, 7) is 5.31. The summed E-state index contributed by atoms with van der Waals surface area (Å²) in [6.07, 6.45) is -0.338. The average molecular weight is 405 g/mol. The van der Waals surface area contributed by atoms with Crippen molar-refractivity contribution < 1.29 is 19.1 Å². The Balaban J connectivity index is 1.74. The summed E-state index contributed by atoms with van der Waals surface area (Å²) in [7, 11) is 1.30. The van der Waals surface area contributed by atoms with Gasteiger partial charge in [-0.1, -0.05) is 60.7 Å². The lowest BCUT2D eigenvalue weighted by Crippen LogP contribution is -2.45. The van der Waals surface area contributed by atoms with Gasteiger partial charge in [0.05, 0.1) is 7.11 Å². The Morgan fingerprint density at radius 1 is 0.900 bits per heavy atom. The number of esters is 1. The zero-order valence-corrected chi connectivity index (χ0v) is 17.8. The highest BCUT2D eigenvalue weighted by Gasteiger charge is 2.25. The first-order valence-corrected chi connectivity index (χ1v) is 9.90. The summed E-state index contributed by atoms with van der Waals surface area (Å²) >= 11 is 0. The van der Waals surface area contributed by atoms with Crippen molar-refractivity contribution in [1.82, 2.24) is 5.32 Å². The molecule has 1 N–H and O–H groups in total. The van der Waals surface area contributed by atoms with Crippen LogP contribution in [0.5, 0.6) is 0 Å². The first-order valence-electron chi connectivity index (χ1n) is 9.90. The molecule has 5 heteroatoms. The Labute approximate surface area is 177 Å². The molecule has 156 valence electrons. The minimum absolute atomic E-state index is 0.309. The molecule has 1 atom stereocenters. The van der Waals surface area contributed by atoms with Gasteiger partial charge in [-0.15, -0.1) is 0 Å². The number of hydrogen-bond donors (Lipinski definition) is 1. The quantitative estimate of drug-likeness (QED) is 0.599. The van der Waals surface area contributed by atoms with Crippen LogP contribution in [0.25, 0.3) is 21.9 Å². The van der Waals surface area contributed by atoms with Gasteiger partial charge in [0.2, 0.25) is 0 Å². The zero-order chi connectivity index (χ0) is 21.7. The van der Waals surface area contributed by atoms with Gasteiger partial charge < -0.3 is 14.8 Å². The molecule has 5 nitrogen and oxygen atoms in total. The average Bonchev–Trinajstić information content (AvgIpc) is 2.71. The number of methoxy groups -OCH3 is 1. The maximum atomic E-state index is 12.1. The van der Waals surface area contributed by atoms with E-state index in [0.29, 0.717) is 6.42 Å². The third kappa shape index (κ3) is 5.60. The molecule has 0 fully saturated rings. The largest absolute Gasteiger partial charge is 0.467 e. The van der Waals surface area contributed by atoms with E-state index in [1.54, 1.807) is 20.8 Å². The van der Waals surface area contributed by atoms with E-state index < -0.39 is 23.7 Å². The highest BCUT2D eigenvalue weighted by atomic mass is 16.6. The lowest BCUT2D eigenvalue weighted by Gasteiger charge is -2.22. The number of benzene rings is 3. The second-order valence-corrected chi connectivity index (χ2v) is 8.18. The number of rotatable bonds is 5. The number of fused-ring (bicyclic) bond motifs is 1. The summed E-state index contributed by atoms with van der Waals surface area (Å²) < 4.78 is 10.1. The van der Waals surface area contributed by atoms with Gasteiger partial charge in [-0.25, -0.2) is 9.59 Å². The van der Waals surface area contributed by atoms with Crippen LogP contribution in [0.2, 0.25) is 0 Å². The summed E-state index contributed by atoms with van der Waals surface area (Å²) in [5.41, 5.74) is 2.47. The molecule has 0 spiro atoms. The number of carbonyl (C=O) groups is 2. The van der Waals surface area contributed by atoms with Crippen LogP contribution < -0.4 is 5.32 Å². The van der Waals surface area contributed by atoms with Crippen LogP contribution in [0.15, 0.2) is 66.7 Å². The molecule has 0 radical (unpaired) electrons. The summed E-state index contributed by atoms with van der Waals surface area (Å²) in [5, 5.41) is 4.99. The van der Waals surface area contributed by atoms with Gasteiger partial charge in [-0.2, -0.15) is 0 Å². The SMILES string of the molecule is COC(=O)[C@H](Cc1ccc(-c2ccc3ccccc3c2)cc1)NC(=O)OC(C)(C)C. The topological polar surface area (TPSA) is 64.6 Å². The van der Waals surface area contributed by atoms with Crippen molar-refractivity contribution in [3.05, 3.63) is 72.3 Å². The fourth-order valence-corrected chi connectivity index (χ4v) is 3.22. The van der Waals surface area contributed by atoms with Crippen molar-refractivity contribution in [3.8, 4) is 11.1 Å². The van der Waals surface area contributed by atoms with Gasteiger partial charge in [0.1, 0.15) is 11.6 Å². The smallest absolute Gasteiger partial charge is 0.408 e. The fraction of sp³-hybridized carbons (Fsp3) is 0.280. The molecule has 0 aliphatic heterocycles. The molecule has 0 bridgehead atoms. The number of carbonyl (C=O) groups excluding carboxylic acids is 2. The minimum Gasteiger partial charge on any atom is -0.467 e. The van der Waals surface area contributed by atoms with Crippen LogP contribution in [-0.4, -0.2) is 30.8 Å². The molecular weight excluding hydrogens is 378 g/mol. The summed E-state index contributed by atoms with van der Waals surface area (Å²) in [5.74, 6) is -0.514. The molecule has 0 saturated heterocycles. The Morgan fingerprint density at radius 2 is 1.53 bits per heavy atom. The third-order valence-electron chi connectivity index (χ3n) is 4.65. The Bertz CT molecular complexity index is 1030. The van der Waals surface area contributed by atoms with E-state index in [9.17, 15) is 9.59 Å². The van der Waals surface area contributed by atoms with Crippen molar-refractivity contribution in [1.29, 1.82) is 0 Å². The van der Waals surface area contributed by atoms with Gasteiger partial charge in [-0.3, -0.25) is 0 Å². The molecular formula is C25H27NO4. The van der Waals surface area contributed by atoms with E-state index in [1.165, 1.54) is 17.9 Å². The summed E-state index contributed by atoms with van der Waals surface area (Å²) in [6, 6.07) is 21.7. The third-order valence-corrected chi connectivity index (χ3v) is 4.65. The van der Waals surface area contributed by atoms with E-state index in [-0.39, 0.29) is 0 Å². The first-order chi connectivity index (χ1) is 14.2. The van der Waals surface area contributed by atoms with Gasteiger partial charge in [0.25, 0.3) is 0 Å². The standard InChI is InChI=1S/C25H27NO4/c1-25(2,3)30-24(28)26-22(23(27)29-4)15-17-9-11-19(12-10-17)21-14-13-18-7-5-6-8-20(18)16-21/h5-14,16,22H,15H2,1-4H3,(H,26,28)/t22-/m0/s1. The molecule has 0 heterocycles. The van der Waals surface area contributed by atoms with Crippen LogP contribution in [0.3, 0.4) is 0 Å². The lowest BCUT2D eigenvalue weighted by molar-refractivity contribution is -0.143. The number of amides is 1. The fourth-order valence-electron chi connectivity index (χ4n) is 3.22. The van der Waals surface area contributed by atoms with E-state index in [4.69, 9.17) is 9.47 Å². The second kappa shape index (κ2) is 8.99. The maximum absolute atomic E-state index is 12.1. The van der Waals surface area contributed by atoms with Crippen molar-refractivity contribution in [3.63, 3.8) is 0 Å². The molecule has 0 aromatic heterocycles. The highest BCUT2D eigenvalue weighted by molar-refractivity contribution is 5.87. The molecule has 1 amide bonds. The molecule has 3 rings (SSSR count). The van der Waals surface area contributed by atoms with Crippen LogP contribution in [0.1, 0.15) is 26.3 Å². The first kappa shape index (κ1) is 21.4. The number of ether oxygens (including phenoxy) is 2. The van der Waals surface area contributed by atoms with E-state index in [1.807, 2.05) is 36.4 Å². The Hall–Kier alpha value is -3.34. The monoisotopic (exact) mass is 405 g/mol. The van der Waals surface area contributed by atoms with Gasteiger partial charge in [0, 0.05) is 6.42 Å². The highest BCUT2D eigenvalue weighted by Crippen LogP contribution is 2.25. The lowest BCUT2D eigenvalue weighted by atomic mass is 9.98. The normalized spacial score (nSPS) is 12.3. The van der Waals surface area contributed by atoms with Gasteiger partial charge in [0.15, 0.2) is 0 Å². The van der Waals surface area contributed by atoms with Gasteiger partial charge >= 0.3 is 12.1 Å². The number of hydrogen-bond acceptors (Lipinski definition) is 4. The van der Waals surface area contributed by atoms with Crippen molar-refractivity contribution in [2.75, 3.05) is 7.11 Å². The van der Waals surface area contributed by atoms with Crippen LogP contribution in [0.4, 0.5) is 4.79 Å². The molecule has 3 aromatic carbocycles. The number of alkyl carbamates (subject to hydrolysis) is 1. The van der Waals surface area contributed by atoms with Crippen LogP contribution >= 0.6 is 0 Å². The molecule has 0 aliphatic rings. The molecule has 0 saturated carbocycles. The van der Waals surface area contributed by atoms with E-state index in [2.05, 4.69) is 35.6 Å². The number of nitrogens with one attached hydrogen (secondary N) is 1.